The monoisotopic (exact) mass is 450 g/mol. The number of amides is 1. The number of rotatable bonds is 4. The highest BCUT2D eigenvalue weighted by Crippen LogP contribution is 2.40. The predicted molar refractivity (Wildman–Crippen MR) is 115 cm³/mol. The Bertz CT molecular complexity index is 1160. The number of phenols is 1. The summed E-state index contributed by atoms with van der Waals surface area (Å²) in [5.41, 5.74) is -0.168. The standard InChI is InChI=1S/C23H22ClF3N2O2/c1-12-9-16(17(24)11-19(12)30)13(2)28-21(31)15-5-7-18-14(10-15)6-8-20(29-18)22(3,4)23(25,26)27/h5-11,13,30H,1-4H3,(H,28,31). The molecule has 4 nitrogen and oxygen atoms in total. The first-order valence-corrected chi connectivity index (χ1v) is 9.97. The van der Waals surface area contributed by atoms with Crippen molar-refractivity contribution >= 4 is 28.4 Å². The number of pyridine rings is 1. The van der Waals surface area contributed by atoms with Gasteiger partial charge in [-0.05, 0) is 75.2 Å². The van der Waals surface area contributed by atoms with Gasteiger partial charge in [0.25, 0.3) is 5.91 Å². The summed E-state index contributed by atoms with van der Waals surface area (Å²) in [5.74, 6) is -0.293. The Kier molecular flexibility index (Phi) is 5.93. The van der Waals surface area contributed by atoms with E-state index in [2.05, 4.69) is 10.3 Å². The van der Waals surface area contributed by atoms with Crippen molar-refractivity contribution in [2.75, 3.05) is 0 Å². The normalized spacial score (nSPS) is 13.3. The number of hydrogen-bond acceptors (Lipinski definition) is 3. The zero-order chi connectivity index (χ0) is 23.1. The number of phenolic OH excluding ortho intramolecular Hbond substituents is 1. The molecule has 0 saturated carbocycles. The van der Waals surface area contributed by atoms with Crippen LogP contribution in [0, 0.1) is 6.92 Å². The molecule has 164 valence electrons. The van der Waals surface area contributed by atoms with Gasteiger partial charge >= 0.3 is 6.18 Å². The van der Waals surface area contributed by atoms with Crippen molar-refractivity contribution in [2.24, 2.45) is 0 Å². The Labute approximate surface area is 183 Å². The van der Waals surface area contributed by atoms with Crippen molar-refractivity contribution < 1.29 is 23.1 Å². The van der Waals surface area contributed by atoms with E-state index >= 15 is 0 Å². The van der Waals surface area contributed by atoms with E-state index in [1.165, 1.54) is 30.3 Å². The predicted octanol–water partition coefficient (Wildman–Crippen LogP) is 6.23. The fourth-order valence-corrected chi connectivity index (χ4v) is 3.46. The first-order valence-electron chi connectivity index (χ1n) is 9.59. The summed E-state index contributed by atoms with van der Waals surface area (Å²) in [6.07, 6.45) is -4.43. The van der Waals surface area contributed by atoms with E-state index < -0.39 is 17.6 Å². The quantitative estimate of drug-likeness (QED) is 0.495. The van der Waals surface area contributed by atoms with E-state index in [4.69, 9.17) is 11.6 Å². The molecular formula is C23H22ClF3N2O2. The highest BCUT2D eigenvalue weighted by Gasteiger charge is 2.49. The van der Waals surface area contributed by atoms with Crippen molar-refractivity contribution in [1.82, 2.24) is 10.3 Å². The van der Waals surface area contributed by atoms with Crippen LogP contribution in [0.3, 0.4) is 0 Å². The van der Waals surface area contributed by atoms with Gasteiger partial charge in [-0.2, -0.15) is 13.2 Å². The Hall–Kier alpha value is -2.80. The van der Waals surface area contributed by atoms with Crippen LogP contribution in [0.25, 0.3) is 10.9 Å². The topological polar surface area (TPSA) is 62.2 Å². The van der Waals surface area contributed by atoms with Gasteiger partial charge in [0.1, 0.15) is 11.2 Å². The number of carbonyl (C=O) groups is 1. The number of nitrogens with zero attached hydrogens (tertiary/aromatic N) is 1. The number of halogens is 4. The maximum atomic E-state index is 13.3. The fraction of sp³-hybridized carbons (Fsp3) is 0.304. The lowest BCUT2D eigenvalue weighted by Crippen LogP contribution is -2.37. The zero-order valence-corrected chi connectivity index (χ0v) is 18.2. The molecular weight excluding hydrogens is 429 g/mol. The molecule has 1 heterocycles. The van der Waals surface area contributed by atoms with Gasteiger partial charge in [-0.3, -0.25) is 9.78 Å². The molecule has 0 aliphatic rings. The molecule has 31 heavy (non-hydrogen) atoms. The number of hydrogen-bond donors (Lipinski definition) is 2. The summed E-state index contributed by atoms with van der Waals surface area (Å²) in [6.45, 7) is 5.67. The molecule has 1 atom stereocenters. The Morgan fingerprint density at radius 2 is 1.81 bits per heavy atom. The van der Waals surface area contributed by atoms with E-state index in [1.807, 2.05) is 0 Å². The molecule has 1 aromatic heterocycles. The van der Waals surface area contributed by atoms with Crippen molar-refractivity contribution in [3.05, 3.63) is 69.9 Å². The van der Waals surface area contributed by atoms with Gasteiger partial charge in [0.15, 0.2) is 0 Å². The van der Waals surface area contributed by atoms with Gasteiger partial charge in [0.05, 0.1) is 17.3 Å². The maximum absolute atomic E-state index is 13.3. The molecule has 2 aromatic carbocycles. The van der Waals surface area contributed by atoms with Crippen molar-refractivity contribution in [2.45, 2.75) is 45.3 Å². The highest BCUT2D eigenvalue weighted by molar-refractivity contribution is 6.31. The molecule has 8 heteroatoms. The molecule has 1 amide bonds. The van der Waals surface area contributed by atoms with Crippen LogP contribution in [0.15, 0.2) is 42.5 Å². The maximum Gasteiger partial charge on any atom is 0.399 e. The van der Waals surface area contributed by atoms with Gasteiger partial charge in [-0.15, -0.1) is 0 Å². The number of aromatic nitrogens is 1. The second-order valence-corrected chi connectivity index (χ2v) is 8.49. The van der Waals surface area contributed by atoms with Crippen molar-refractivity contribution in [3.63, 3.8) is 0 Å². The second-order valence-electron chi connectivity index (χ2n) is 8.08. The highest BCUT2D eigenvalue weighted by atomic mass is 35.5. The molecule has 3 aromatic rings. The van der Waals surface area contributed by atoms with Gasteiger partial charge in [0.2, 0.25) is 0 Å². The molecule has 1 unspecified atom stereocenters. The number of aromatic hydroxyl groups is 1. The number of benzene rings is 2. The lowest BCUT2D eigenvalue weighted by Gasteiger charge is -2.27. The van der Waals surface area contributed by atoms with Gasteiger partial charge in [-0.25, -0.2) is 0 Å². The first kappa shape index (κ1) is 22.9. The molecule has 0 radical (unpaired) electrons. The largest absolute Gasteiger partial charge is 0.508 e. The van der Waals surface area contributed by atoms with Crippen LogP contribution in [0.4, 0.5) is 13.2 Å². The molecule has 0 spiro atoms. The van der Waals surface area contributed by atoms with Crippen molar-refractivity contribution in [3.8, 4) is 5.75 Å². The minimum Gasteiger partial charge on any atom is -0.508 e. The van der Waals surface area contributed by atoms with Crippen LogP contribution >= 0.6 is 11.6 Å². The summed E-state index contributed by atoms with van der Waals surface area (Å²) in [4.78, 5) is 16.9. The van der Waals surface area contributed by atoms with Crippen LogP contribution in [-0.4, -0.2) is 22.2 Å². The van der Waals surface area contributed by atoms with Gasteiger partial charge in [-0.1, -0.05) is 17.7 Å². The molecule has 0 saturated heterocycles. The third-order valence-corrected chi connectivity index (χ3v) is 5.76. The first-order chi connectivity index (χ1) is 14.3. The summed E-state index contributed by atoms with van der Waals surface area (Å²) in [6, 6.07) is 10.2. The average Bonchev–Trinajstić information content (AvgIpc) is 2.68. The van der Waals surface area contributed by atoms with Crippen LogP contribution in [0.1, 0.15) is 54.0 Å². The zero-order valence-electron chi connectivity index (χ0n) is 17.4. The SMILES string of the molecule is Cc1cc(C(C)NC(=O)c2ccc3nc(C(C)(C)C(F)(F)F)ccc3c2)c(Cl)cc1O. The molecule has 0 bridgehead atoms. The van der Waals surface area contributed by atoms with E-state index in [0.29, 0.717) is 32.6 Å². The minimum atomic E-state index is -4.43. The second kappa shape index (κ2) is 8.04. The molecule has 0 aliphatic carbocycles. The Balaban J connectivity index is 1.86. The van der Waals surface area contributed by atoms with Crippen LogP contribution in [0.2, 0.25) is 5.02 Å². The fourth-order valence-electron chi connectivity index (χ4n) is 3.14. The average molecular weight is 451 g/mol. The summed E-state index contributed by atoms with van der Waals surface area (Å²) >= 11 is 6.19. The minimum absolute atomic E-state index is 0.0716. The van der Waals surface area contributed by atoms with Gasteiger partial charge < -0.3 is 10.4 Å². The van der Waals surface area contributed by atoms with E-state index in [-0.39, 0.29) is 17.4 Å². The number of fused-ring (bicyclic) bond motifs is 1. The number of alkyl halides is 3. The molecule has 2 N–H and O–H groups in total. The van der Waals surface area contributed by atoms with E-state index in [9.17, 15) is 23.1 Å². The lowest BCUT2D eigenvalue weighted by atomic mass is 9.87. The van der Waals surface area contributed by atoms with E-state index in [1.54, 1.807) is 26.0 Å². The molecule has 3 rings (SSSR count). The van der Waals surface area contributed by atoms with E-state index in [0.717, 1.165) is 13.8 Å². The van der Waals surface area contributed by atoms with Gasteiger partial charge in [0, 0.05) is 16.0 Å². The summed E-state index contributed by atoms with van der Waals surface area (Å²) < 4.78 is 39.9. The summed E-state index contributed by atoms with van der Waals surface area (Å²) in [5, 5.41) is 13.5. The lowest BCUT2D eigenvalue weighted by molar-refractivity contribution is -0.181. The molecule has 0 fully saturated rings. The van der Waals surface area contributed by atoms with Crippen molar-refractivity contribution in [1.29, 1.82) is 0 Å². The van der Waals surface area contributed by atoms with Crippen LogP contribution in [-0.2, 0) is 5.41 Å². The third-order valence-electron chi connectivity index (χ3n) is 5.43. The number of aryl methyl sites for hydroxylation is 1. The Morgan fingerprint density at radius 3 is 2.45 bits per heavy atom. The van der Waals surface area contributed by atoms with Crippen LogP contribution in [0.5, 0.6) is 5.75 Å². The molecule has 0 aliphatic heterocycles. The number of carbonyl (C=O) groups excluding carboxylic acids is 1. The summed E-state index contributed by atoms with van der Waals surface area (Å²) in [7, 11) is 0. The smallest absolute Gasteiger partial charge is 0.399 e. The number of nitrogens with one attached hydrogen (secondary N) is 1. The van der Waals surface area contributed by atoms with Crippen LogP contribution < -0.4 is 5.32 Å². The third kappa shape index (κ3) is 4.46. The Morgan fingerprint density at radius 1 is 1.13 bits per heavy atom.